The van der Waals surface area contributed by atoms with Crippen molar-refractivity contribution in [3.63, 3.8) is 0 Å². The Labute approximate surface area is 151 Å². The molecule has 0 radical (unpaired) electrons. The Balaban J connectivity index is 1.98. The van der Waals surface area contributed by atoms with Gasteiger partial charge in [-0.25, -0.2) is 4.39 Å². The Morgan fingerprint density at radius 1 is 1.35 bits per heavy atom. The number of aryl methyl sites for hydroxylation is 1. The second-order valence-electron chi connectivity index (χ2n) is 7.11. The first-order valence-electron chi connectivity index (χ1n) is 8.57. The fourth-order valence-electron chi connectivity index (χ4n) is 4.38. The van der Waals surface area contributed by atoms with E-state index in [9.17, 15) is 14.4 Å². The molecule has 0 aliphatic heterocycles. The molecule has 0 bridgehead atoms. The highest BCUT2D eigenvalue weighted by Gasteiger charge is 2.44. The quantitative estimate of drug-likeness (QED) is 0.789. The van der Waals surface area contributed by atoms with Crippen LogP contribution >= 0.6 is 0 Å². The lowest BCUT2D eigenvalue weighted by molar-refractivity contribution is -0.112. The minimum atomic E-state index is -0.583. The molecule has 130 valence electrons. The van der Waals surface area contributed by atoms with Crippen LogP contribution in [0.3, 0.4) is 0 Å². The van der Waals surface area contributed by atoms with Crippen LogP contribution in [0.5, 0.6) is 0 Å². The second-order valence-corrected chi connectivity index (χ2v) is 7.11. The molecule has 4 nitrogen and oxygen atoms in total. The number of ketones is 1. The van der Waals surface area contributed by atoms with Gasteiger partial charge in [0.15, 0.2) is 5.78 Å². The fraction of sp³-hybridized carbons (Fsp3) is 0.286. The van der Waals surface area contributed by atoms with E-state index < -0.39 is 5.41 Å². The van der Waals surface area contributed by atoms with Gasteiger partial charge < -0.3 is 0 Å². The number of aromatic nitrogens is 2. The van der Waals surface area contributed by atoms with Crippen molar-refractivity contribution in [3.05, 3.63) is 64.1 Å². The summed E-state index contributed by atoms with van der Waals surface area (Å²) in [5.74, 6) is -0.476. The molecule has 1 aromatic carbocycles. The first kappa shape index (κ1) is 16.5. The smallest absolute Gasteiger partial charge is 0.198 e. The summed E-state index contributed by atoms with van der Waals surface area (Å²) in [6, 6.07) is 8.53. The molecule has 0 N–H and O–H groups in total. The number of benzene rings is 1. The molecule has 5 heteroatoms. The summed E-state index contributed by atoms with van der Waals surface area (Å²) in [5.41, 5.74) is 4.83. The molecule has 1 aromatic heterocycles. The Morgan fingerprint density at radius 2 is 2.12 bits per heavy atom. The van der Waals surface area contributed by atoms with E-state index in [-0.39, 0.29) is 17.2 Å². The number of hydrogen-bond donors (Lipinski definition) is 0. The number of rotatable bonds is 1. The molecule has 2 aromatic rings. The molecule has 26 heavy (non-hydrogen) atoms. The third kappa shape index (κ3) is 2.12. The fourth-order valence-corrected chi connectivity index (χ4v) is 4.38. The minimum absolute atomic E-state index is 0.166. The molecule has 0 spiro atoms. The molecule has 0 amide bonds. The Kier molecular flexibility index (Phi) is 3.48. The summed E-state index contributed by atoms with van der Waals surface area (Å²) in [7, 11) is 1.85. The number of fused-ring (bicyclic) bond motifs is 3. The molecule has 0 saturated carbocycles. The zero-order valence-electron chi connectivity index (χ0n) is 14.9. The van der Waals surface area contributed by atoms with Crippen LogP contribution in [0.25, 0.3) is 11.3 Å². The highest BCUT2D eigenvalue weighted by atomic mass is 19.1. The van der Waals surface area contributed by atoms with Gasteiger partial charge in [-0.3, -0.25) is 9.48 Å². The molecule has 2 aliphatic carbocycles. The monoisotopic (exact) mass is 347 g/mol. The zero-order valence-corrected chi connectivity index (χ0v) is 14.9. The maximum Gasteiger partial charge on any atom is 0.198 e. The van der Waals surface area contributed by atoms with Gasteiger partial charge in [-0.1, -0.05) is 12.1 Å². The first-order chi connectivity index (χ1) is 12.4. The molecular formula is C21H18FN3O. The zero-order chi connectivity index (χ0) is 18.6. The highest BCUT2D eigenvalue weighted by molar-refractivity contribution is 6.12. The number of carbonyl (C=O) groups excluding carboxylic acids is 1. The summed E-state index contributed by atoms with van der Waals surface area (Å²) in [4.78, 5) is 12.4. The number of halogens is 1. The predicted molar refractivity (Wildman–Crippen MR) is 95.7 cm³/mol. The van der Waals surface area contributed by atoms with E-state index in [0.29, 0.717) is 5.57 Å². The van der Waals surface area contributed by atoms with Crippen molar-refractivity contribution in [2.75, 3.05) is 0 Å². The van der Waals surface area contributed by atoms with Crippen LogP contribution in [-0.4, -0.2) is 15.6 Å². The van der Waals surface area contributed by atoms with Crippen molar-refractivity contribution in [3.8, 4) is 17.3 Å². The lowest BCUT2D eigenvalue weighted by Gasteiger charge is -2.37. The van der Waals surface area contributed by atoms with Crippen molar-refractivity contribution in [2.24, 2.45) is 7.05 Å². The summed E-state index contributed by atoms with van der Waals surface area (Å²) in [6.45, 7) is 3.80. The lowest BCUT2D eigenvalue weighted by atomic mass is 9.65. The molecule has 0 fully saturated rings. The summed E-state index contributed by atoms with van der Waals surface area (Å²) in [6.07, 6.45) is 3.21. The van der Waals surface area contributed by atoms with E-state index in [0.717, 1.165) is 40.9 Å². The van der Waals surface area contributed by atoms with Gasteiger partial charge in [0.2, 0.25) is 0 Å². The molecule has 2 aliphatic rings. The SMILES string of the molecule is CC1=C2CCc3c(nn(C)c3-c3cccc(F)c3)C2(C)C=C(C#N)C1=O. The van der Waals surface area contributed by atoms with Gasteiger partial charge >= 0.3 is 0 Å². The summed E-state index contributed by atoms with van der Waals surface area (Å²) < 4.78 is 15.5. The Morgan fingerprint density at radius 3 is 2.81 bits per heavy atom. The van der Waals surface area contributed by atoms with Crippen molar-refractivity contribution in [2.45, 2.75) is 32.1 Å². The van der Waals surface area contributed by atoms with Crippen LogP contribution < -0.4 is 0 Å². The van der Waals surface area contributed by atoms with Crippen LogP contribution in [0.2, 0.25) is 0 Å². The standard InChI is InChI=1S/C21H18FN3O/c1-12-17-8-7-16-18(13-5-4-6-15(22)9-13)25(3)24-20(16)21(17,2)10-14(11-23)19(12)26/h4-6,9-10H,7-8H2,1-3H3. The largest absolute Gasteiger partial charge is 0.288 e. The summed E-state index contributed by atoms with van der Waals surface area (Å²) in [5, 5.41) is 14.1. The van der Waals surface area contributed by atoms with Crippen LogP contribution in [0.15, 0.2) is 47.1 Å². The van der Waals surface area contributed by atoms with Gasteiger partial charge in [0.05, 0.1) is 22.4 Å². The van der Waals surface area contributed by atoms with E-state index in [4.69, 9.17) is 5.10 Å². The number of nitriles is 1. The van der Waals surface area contributed by atoms with Crippen molar-refractivity contribution < 1.29 is 9.18 Å². The van der Waals surface area contributed by atoms with Gasteiger partial charge in [0, 0.05) is 18.2 Å². The molecular weight excluding hydrogens is 329 g/mol. The number of nitrogens with zero attached hydrogens (tertiary/aromatic N) is 3. The third-order valence-electron chi connectivity index (χ3n) is 5.58. The van der Waals surface area contributed by atoms with E-state index >= 15 is 0 Å². The number of hydrogen-bond acceptors (Lipinski definition) is 3. The molecule has 1 atom stereocenters. The van der Waals surface area contributed by atoms with Gasteiger partial charge in [0.1, 0.15) is 11.9 Å². The van der Waals surface area contributed by atoms with Crippen molar-refractivity contribution in [1.82, 2.24) is 9.78 Å². The minimum Gasteiger partial charge on any atom is -0.288 e. The molecule has 4 rings (SSSR count). The van der Waals surface area contributed by atoms with E-state index in [1.54, 1.807) is 23.7 Å². The number of carbonyl (C=O) groups is 1. The van der Waals surface area contributed by atoms with E-state index in [1.807, 2.05) is 26.1 Å². The van der Waals surface area contributed by atoms with Crippen molar-refractivity contribution in [1.29, 1.82) is 5.26 Å². The maximum atomic E-state index is 13.7. The highest BCUT2D eigenvalue weighted by Crippen LogP contribution is 2.48. The normalized spacial score (nSPS) is 21.8. The average Bonchev–Trinajstić information content (AvgIpc) is 2.95. The third-order valence-corrected chi connectivity index (χ3v) is 5.58. The molecule has 1 unspecified atom stereocenters. The van der Waals surface area contributed by atoms with Gasteiger partial charge in [0.25, 0.3) is 0 Å². The van der Waals surface area contributed by atoms with E-state index in [2.05, 4.69) is 0 Å². The van der Waals surface area contributed by atoms with Crippen LogP contribution in [-0.2, 0) is 23.7 Å². The predicted octanol–water partition coefficient (Wildman–Crippen LogP) is 3.78. The van der Waals surface area contributed by atoms with Crippen LogP contribution in [0, 0.1) is 17.1 Å². The van der Waals surface area contributed by atoms with E-state index in [1.165, 1.54) is 12.1 Å². The first-order valence-corrected chi connectivity index (χ1v) is 8.57. The average molecular weight is 347 g/mol. The molecule has 1 heterocycles. The second kappa shape index (κ2) is 5.50. The number of Topliss-reactive ketones (excluding diaryl/α,β-unsaturated/α-hetero) is 1. The Bertz CT molecular complexity index is 1070. The van der Waals surface area contributed by atoms with Gasteiger partial charge in [-0.05, 0) is 56.0 Å². The summed E-state index contributed by atoms with van der Waals surface area (Å²) >= 11 is 0. The lowest BCUT2D eigenvalue weighted by Crippen LogP contribution is -2.34. The maximum absolute atomic E-state index is 13.7. The van der Waals surface area contributed by atoms with Gasteiger partial charge in [-0.2, -0.15) is 10.4 Å². The van der Waals surface area contributed by atoms with Crippen LogP contribution in [0.4, 0.5) is 4.39 Å². The van der Waals surface area contributed by atoms with Crippen molar-refractivity contribution >= 4 is 5.78 Å². The molecule has 0 saturated heterocycles. The Hall–Kier alpha value is -3.00. The van der Waals surface area contributed by atoms with Gasteiger partial charge in [-0.15, -0.1) is 0 Å². The van der Waals surface area contributed by atoms with Crippen LogP contribution in [0.1, 0.15) is 31.5 Å². The topological polar surface area (TPSA) is 58.7 Å². The number of allylic oxidation sites excluding steroid dienone is 4.